The van der Waals surface area contributed by atoms with Crippen molar-refractivity contribution in [3.63, 3.8) is 0 Å². The Labute approximate surface area is 78.0 Å². The molecule has 1 saturated heterocycles. The highest BCUT2D eigenvalue weighted by Crippen LogP contribution is 2.14. The summed E-state index contributed by atoms with van der Waals surface area (Å²) in [6, 6.07) is 0. The maximum Gasteiger partial charge on any atom is 0.0707 e. The van der Waals surface area contributed by atoms with Crippen LogP contribution in [0.4, 0.5) is 0 Å². The first-order valence-corrected chi connectivity index (χ1v) is 4.85. The normalized spacial score (nSPS) is 29.0. The molecule has 0 bridgehead atoms. The summed E-state index contributed by atoms with van der Waals surface area (Å²) in [6.45, 7) is 1.98. The van der Waals surface area contributed by atoms with Gasteiger partial charge in [-0.15, -0.1) is 0 Å². The van der Waals surface area contributed by atoms with Crippen molar-refractivity contribution in [3.8, 4) is 0 Å². The molecule has 1 rings (SSSR count). The van der Waals surface area contributed by atoms with Gasteiger partial charge in [0, 0.05) is 32.6 Å². The van der Waals surface area contributed by atoms with Gasteiger partial charge in [-0.05, 0) is 6.42 Å². The number of nitrogens with two attached hydrogens (primary N) is 1. The van der Waals surface area contributed by atoms with Gasteiger partial charge in [-0.25, -0.2) is 0 Å². The Morgan fingerprint density at radius 3 is 2.67 bits per heavy atom. The van der Waals surface area contributed by atoms with Gasteiger partial charge in [-0.2, -0.15) is 0 Å². The van der Waals surface area contributed by atoms with E-state index in [9.17, 15) is 0 Å². The van der Waals surface area contributed by atoms with Crippen LogP contribution in [0.2, 0.25) is 0 Å². The highest BCUT2D eigenvalue weighted by atomic mass is 32.2. The number of aliphatic hydroxyl groups excluding tert-OH is 1. The average molecular weight is 194 g/mol. The Morgan fingerprint density at radius 1 is 1.50 bits per heavy atom. The minimum absolute atomic E-state index is 0.356. The molecule has 0 aliphatic carbocycles. The number of hydrogen-bond donors (Lipinski definition) is 3. The van der Waals surface area contributed by atoms with Gasteiger partial charge in [0.2, 0.25) is 0 Å². The molecule has 74 valence electrons. The van der Waals surface area contributed by atoms with Crippen molar-refractivity contribution in [1.82, 2.24) is 5.32 Å². The first kappa shape index (κ1) is 12.2. The molecule has 1 heterocycles. The van der Waals surface area contributed by atoms with Crippen LogP contribution >= 0.6 is 11.9 Å². The number of nitrogens with one attached hydrogen (secondary N) is 1. The Kier molecular flexibility index (Phi) is 7.94. The molecule has 4 N–H and O–H groups in total. The van der Waals surface area contributed by atoms with E-state index in [1.807, 2.05) is 0 Å². The second-order valence-electron chi connectivity index (χ2n) is 2.51. The maximum absolute atomic E-state index is 7.00. The zero-order valence-corrected chi connectivity index (χ0v) is 8.43. The largest absolute Gasteiger partial charge is 0.400 e. The van der Waals surface area contributed by atoms with Gasteiger partial charge in [0.1, 0.15) is 0 Å². The first-order chi connectivity index (χ1) is 5.86. The Hall–Kier alpha value is 0.190. The van der Waals surface area contributed by atoms with Gasteiger partial charge >= 0.3 is 0 Å². The summed E-state index contributed by atoms with van der Waals surface area (Å²) in [4.78, 5) is 0. The van der Waals surface area contributed by atoms with E-state index in [-0.39, 0.29) is 0 Å². The fourth-order valence-corrected chi connectivity index (χ4v) is 1.69. The molecule has 2 unspecified atom stereocenters. The summed E-state index contributed by atoms with van der Waals surface area (Å²) in [6.07, 6.45) is 1.43. The van der Waals surface area contributed by atoms with E-state index in [1.165, 1.54) is 11.9 Å². The molecule has 2 atom stereocenters. The van der Waals surface area contributed by atoms with Crippen LogP contribution in [-0.4, -0.2) is 43.8 Å². The smallest absolute Gasteiger partial charge is 0.0707 e. The van der Waals surface area contributed by atoms with Crippen LogP contribution in [0, 0.1) is 0 Å². The lowest BCUT2D eigenvalue weighted by molar-refractivity contribution is 0.0829. The second-order valence-corrected chi connectivity index (χ2v) is 3.45. The zero-order chi connectivity index (χ0) is 9.40. The van der Waals surface area contributed by atoms with Crippen LogP contribution in [0.15, 0.2) is 0 Å². The summed E-state index contributed by atoms with van der Waals surface area (Å²) in [5, 5.41) is 16.2. The minimum atomic E-state index is 0.356. The van der Waals surface area contributed by atoms with E-state index in [0.717, 1.165) is 26.6 Å². The van der Waals surface area contributed by atoms with Crippen molar-refractivity contribution in [2.24, 2.45) is 5.14 Å². The van der Waals surface area contributed by atoms with Gasteiger partial charge in [0.25, 0.3) is 0 Å². The van der Waals surface area contributed by atoms with E-state index in [1.54, 1.807) is 7.11 Å². The maximum atomic E-state index is 7.00. The predicted octanol–water partition coefficient (Wildman–Crippen LogP) is -0.421. The molecule has 0 aromatic rings. The van der Waals surface area contributed by atoms with Crippen molar-refractivity contribution in [3.05, 3.63) is 0 Å². The summed E-state index contributed by atoms with van der Waals surface area (Å²) in [7, 11) is 2.75. The Bertz CT molecular complexity index is 95.4. The molecule has 1 fully saturated rings. The lowest BCUT2D eigenvalue weighted by Crippen LogP contribution is -2.42. The molecular formula is C7H18N2O2S. The number of ether oxygens (including phenoxy) is 1. The fourth-order valence-electron chi connectivity index (χ4n) is 1.15. The number of hydrogen-bond acceptors (Lipinski definition) is 5. The molecular weight excluding hydrogens is 176 g/mol. The monoisotopic (exact) mass is 194 g/mol. The van der Waals surface area contributed by atoms with Crippen molar-refractivity contribution < 1.29 is 9.84 Å². The lowest BCUT2D eigenvalue weighted by atomic mass is 10.1. The van der Waals surface area contributed by atoms with E-state index in [4.69, 9.17) is 15.0 Å². The van der Waals surface area contributed by atoms with Gasteiger partial charge in [0.05, 0.1) is 6.10 Å². The molecule has 1 aliphatic rings. The van der Waals surface area contributed by atoms with Gasteiger partial charge in [-0.1, -0.05) is 11.9 Å². The lowest BCUT2D eigenvalue weighted by Gasteiger charge is -2.27. The van der Waals surface area contributed by atoms with Crippen LogP contribution in [-0.2, 0) is 4.74 Å². The fraction of sp³-hybridized carbons (Fsp3) is 1.00. The zero-order valence-electron chi connectivity index (χ0n) is 7.62. The number of methoxy groups -OCH3 is 1. The van der Waals surface area contributed by atoms with Gasteiger partial charge < -0.3 is 15.2 Å². The van der Waals surface area contributed by atoms with Gasteiger partial charge in [0.15, 0.2) is 0 Å². The minimum Gasteiger partial charge on any atom is -0.400 e. The molecule has 5 heteroatoms. The van der Waals surface area contributed by atoms with E-state index in [0.29, 0.717) is 11.4 Å². The molecule has 0 aromatic carbocycles. The molecule has 0 spiro atoms. The predicted molar refractivity (Wildman–Crippen MR) is 52.0 cm³/mol. The third-order valence-corrected chi connectivity index (χ3v) is 2.54. The number of rotatable bonds is 2. The van der Waals surface area contributed by atoms with Crippen molar-refractivity contribution >= 4 is 11.9 Å². The molecule has 1 aliphatic heterocycles. The van der Waals surface area contributed by atoms with Crippen molar-refractivity contribution in [1.29, 1.82) is 0 Å². The van der Waals surface area contributed by atoms with Crippen LogP contribution in [0.25, 0.3) is 0 Å². The van der Waals surface area contributed by atoms with E-state index >= 15 is 0 Å². The summed E-state index contributed by atoms with van der Waals surface area (Å²) in [5.41, 5.74) is 0. The number of aliphatic hydroxyl groups is 1. The summed E-state index contributed by atoms with van der Waals surface area (Å²) < 4.78 is 5.19. The highest BCUT2D eigenvalue weighted by Gasteiger charge is 2.20. The van der Waals surface area contributed by atoms with Crippen LogP contribution in [0.5, 0.6) is 0 Å². The summed E-state index contributed by atoms with van der Waals surface area (Å²) >= 11 is 1.42. The molecule has 0 radical (unpaired) electrons. The molecule has 12 heavy (non-hydrogen) atoms. The third-order valence-electron chi connectivity index (χ3n) is 1.80. The quantitative estimate of drug-likeness (QED) is 0.521. The van der Waals surface area contributed by atoms with Crippen molar-refractivity contribution in [2.45, 2.75) is 17.8 Å². The first-order valence-electron chi connectivity index (χ1n) is 3.90. The summed E-state index contributed by atoms with van der Waals surface area (Å²) in [5.74, 6) is 0. The molecule has 0 amide bonds. The third kappa shape index (κ3) is 4.27. The van der Waals surface area contributed by atoms with Crippen LogP contribution < -0.4 is 10.5 Å². The molecule has 4 nitrogen and oxygen atoms in total. The second kappa shape index (κ2) is 7.82. The van der Waals surface area contributed by atoms with E-state index < -0.39 is 0 Å². The average Bonchev–Trinajstić information content (AvgIpc) is 2.21. The van der Waals surface area contributed by atoms with Gasteiger partial charge in [-0.3, -0.25) is 5.14 Å². The Balaban J connectivity index is 0.000000561. The number of piperidine rings is 1. The van der Waals surface area contributed by atoms with Crippen LogP contribution in [0.3, 0.4) is 0 Å². The van der Waals surface area contributed by atoms with Crippen LogP contribution in [0.1, 0.15) is 6.42 Å². The standard InChI is InChI=1S/C6H14N2OS.CH4O/c1-9-5-2-6(10-7)4-8-3-5;1-2/h5-6,8H,2-4,7H2,1H3;2H,1H3. The molecule has 0 saturated carbocycles. The SMILES string of the molecule is CO.COC1CNCC(SN)C1. The van der Waals surface area contributed by atoms with E-state index in [2.05, 4.69) is 5.32 Å². The molecule has 0 aromatic heterocycles. The van der Waals surface area contributed by atoms with Crippen molar-refractivity contribution in [2.75, 3.05) is 27.3 Å². The topological polar surface area (TPSA) is 67.5 Å². The highest BCUT2D eigenvalue weighted by molar-refractivity contribution is 7.97. The Morgan fingerprint density at radius 2 is 2.17 bits per heavy atom.